The number of hydrogen-bond donors (Lipinski definition) is 1. The van der Waals surface area contributed by atoms with Gasteiger partial charge in [-0.05, 0) is 48.6 Å². The fraction of sp³-hybridized carbons (Fsp3) is 0.409. The molecule has 0 unspecified atom stereocenters. The Bertz CT molecular complexity index is 1020. The van der Waals surface area contributed by atoms with E-state index in [2.05, 4.69) is 17.1 Å². The summed E-state index contributed by atoms with van der Waals surface area (Å²) in [5, 5.41) is 21.9. The van der Waals surface area contributed by atoms with Gasteiger partial charge in [0.2, 0.25) is 5.91 Å². The summed E-state index contributed by atoms with van der Waals surface area (Å²) in [6.45, 7) is 6.60. The van der Waals surface area contributed by atoms with E-state index >= 15 is 0 Å². The van der Waals surface area contributed by atoms with Crippen molar-refractivity contribution in [2.75, 3.05) is 18.8 Å². The number of nitrogens with zero attached hydrogens (tertiary/aromatic N) is 4. The molecule has 1 aliphatic heterocycles. The highest BCUT2D eigenvalue weighted by molar-refractivity contribution is 7.99. The Balaban J connectivity index is 1.54. The molecular weight excluding hydrogens is 384 g/mol. The summed E-state index contributed by atoms with van der Waals surface area (Å²) in [6.07, 6.45) is 2.15. The lowest BCUT2D eigenvalue weighted by Crippen LogP contribution is -2.38. The number of thioether (sulfide) groups is 1. The minimum absolute atomic E-state index is 0.155. The van der Waals surface area contributed by atoms with Crippen LogP contribution in [-0.4, -0.2) is 49.5 Å². The quantitative estimate of drug-likeness (QED) is 0.639. The van der Waals surface area contributed by atoms with Crippen LogP contribution in [0.1, 0.15) is 26.7 Å². The topological polar surface area (TPSA) is 71.2 Å². The number of rotatable bonds is 5. The van der Waals surface area contributed by atoms with Gasteiger partial charge in [-0.25, -0.2) is 0 Å². The molecule has 152 valence electrons. The van der Waals surface area contributed by atoms with Crippen molar-refractivity contribution < 1.29 is 9.90 Å². The number of piperidine rings is 1. The van der Waals surface area contributed by atoms with Gasteiger partial charge in [0.15, 0.2) is 11.0 Å². The SMILES string of the molecule is CCn1c(SCC(=O)N2CCC(C)CC2)nnc1-c1cc2ccccc2cc1O. The first-order valence-electron chi connectivity index (χ1n) is 10.1. The zero-order valence-corrected chi connectivity index (χ0v) is 17.7. The van der Waals surface area contributed by atoms with E-state index < -0.39 is 0 Å². The highest BCUT2D eigenvalue weighted by atomic mass is 32.2. The lowest BCUT2D eigenvalue weighted by Gasteiger charge is -2.30. The van der Waals surface area contributed by atoms with Crippen molar-refractivity contribution >= 4 is 28.4 Å². The zero-order valence-electron chi connectivity index (χ0n) is 16.8. The minimum atomic E-state index is 0.155. The summed E-state index contributed by atoms with van der Waals surface area (Å²) < 4.78 is 1.96. The number of carbonyl (C=O) groups is 1. The fourth-order valence-corrected chi connectivity index (χ4v) is 4.67. The predicted octanol–water partition coefficient (Wildman–Crippen LogP) is 4.17. The van der Waals surface area contributed by atoms with Crippen LogP contribution >= 0.6 is 11.8 Å². The highest BCUT2D eigenvalue weighted by Gasteiger charge is 2.22. The van der Waals surface area contributed by atoms with Crippen molar-refractivity contribution in [2.45, 2.75) is 38.4 Å². The van der Waals surface area contributed by atoms with Crippen LogP contribution in [0, 0.1) is 5.92 Å². The molecule has 3 aromatic rings. The van der Waals surface area contributed by atoms with Crippen molar-refractivity contribution in [2.24, 2.45) is 5.92 Å². The summed E-state index contributed by atoms with van der Waals surface area (Å²) in [5.41, 5.74) is 0.654. The second-order valence-corrected chi connectivity index (χ2v) is 8.56. The van der Waals surface area contributed by atoms with E-state index in [0.717, 1.165) is 36.7 Å². The van der Waals surface area contributed by atoms with Crippen LogP contribution < -0.4 is 0 Å². The first kappa shape index (κ1) is 19.8. The average Bonchev–Trinajstić information content (AvgIpc) is 3.14. The van der Waals surface area contributed by atoms with E-state index in [1.165, 1.54) is 11.8 Å². The van der Waals surface area contributed by atoms with Gasteiger partial charge < -0.3 is 14.6 Å². The van der Waals surface area contributed by atoms with Crippen LogP contribution in [0.3, 0.4) is 0 Å². The van der Waals surface area contributed by atoms with Crippen LogP contribution in [0.4, 0.5) is 0 Å². The van der Waals surface area contributed by atoms with Crippen LogP contribution in [0.15, 0.2) is 41.6 Å². The number of phenols is 1. The summed E-state index contributed by atoms with van der Waals surface area (Å²) in [7, 11) is 0. The van der Waals surface area contributed by atoms with Gasteiger partial charge in [0.25, 0.3) is 0 Å². The Morgan fingerprint density at radius 2 is 1.86 bits per heavy atom. The van der Waals surface area contributed by atoms with Gasteiger partial charge >= 0.3 is 0 Å². The van der Waals surface area contributed by atoms with Crippen LogP contribution in [0.25, 0.3) is 22.2 Å². The normalized spacial score (nSPS) is 15.2. The third kappa shape index (κ3) is 4.10. The summed E-state index contributed by atoms with van der Waals surface area (Å²) in [6, 6.07) is 11.6. The molecule has 1 aromatic heterocycles. The summed E-state index contributed by atoms with van der Waals surface area (Å²) >= 11 is 1.42. The molecule has 29 heavy (non-hydrogen) atoms. The lowest BCUT2D eigenvalue weighted by molar-refractivity contribution is -0.129. The summed E-state index contributed by atoms with van der Waals surface area (Å²) in [5.74, 6) is 2.02. The molecule has 1 fully saturated rings. The maximum absolute atomic E-state index is 12.6. The number of benzene rings is 2. The molecule has 7 heteroatoms. The van der Waals surface area contributed by atoms with Crippen LogP contribution in [0.5, 0.6) is 5.75 Å². The number of fused-ring (bicyclic) bond motifs is 1. The zero-order chi connectivity index (χ0) is 20.4. The first-order chi connectivity index (χ1) is 14.1. The number of amides is 1. The number of likely N-dealkylation sites (tertiary alicyclic amines) is 1. The number of aromatic nitrogens is 3. The molecular formula is C22H26N4O2S. The molecule has 1 aliphatic rings. The van der Waals surface area contributed by atoms with Crippen molar-refractivity contribution in [3.8, 4) is 17.1 Å². The Labute approximate surface area is 174 Å². The molecule has 6 nitrogen and oxygen atoms in total. The third-order valence-electron chi connectivity index (χ3n) is 5.60. The molecule has 1 saturated heterocycles. The van der Waals surface area contributed by atoms with E-state index in [1.54, 1.807) is 6.07 Å². The van der Waals surface area contributed by atoms with Crippen molar-refractivity contribution in [3.63, 3.8) is 0 Å². The second-order valence-electron chi connectivity index (χ2n) is 7.62. The van der Waals surface area contributed by atoms with E-state index in [-0.39, 0.29) is 11.7 Å². The Morgan fingerprint density at radius 1 is 1.17 bits per heavy atom. The molecule has 1 amide bonds. The summed E-state index contributed by atoms with van der Waals surface area (Å²) in [4.78, 5) is 14.5. The number of hydrogen-bond acceptors (Lipinski definition) is 5. The lowest BCUT2D eigenvalue weighted by atomic mass is 9.99. The number of aromatic hydroxyl groups is 1. The monoisotopic (exact) mass is 410 g/mol. The van der Waals surface area contributed by atoms with Gasteiger partial charge in [0.05, 0.1) is 11.3 Å². The van der Waals surface area contributed by atoms with Gasteiger partial charge in [0.1, 0.15) is 5.75 Å². The molecule has 2 heterocycles. The minimum Gasteiger partial charge on any atom is -0.507 e. The molecule has 0 radical (unpaired) electrons. The fourth-order valence-electron chi connectivity index (χ4n) is 3.76. The largest absolute Gasteiger partial charge is 0.507 e. The molecule has 2 aromatic carbocycles. The van der Waals surface area contributed by atoms with Gasteiger partial charge in [0, 0.05) is 19.6 Å². The standard InChI is InChI=1S/C22H26N4O2S/c1-3-26-21(18-12-16-6-4-5-7-17(16)13-19(18)27)23-24-22(26)29-14-20(28)25-10-8-15(2)9-11-25/h4-7,12-13,15,27H,3,8-11,14H2,1-2H3. The van der Waals surface area contributed by atoms with E-state index in [9.17, 15) is 9.90 Å². The van der Waals surface area contributed by atoms with E-state index in [0.29, 0.717) is 34.8 Å². The van der Waals surface area contributed by atoms with E-state index in [1.807, 2.05) is 46.7 Å². The van der Waals surface area contributed by atoms with Crippen LogP contribution in [-0.2, 0) is 11.3 Å². The highest BCUT2D eigenvalue weighted by Crippen LogP contribution is 2.34. The first-order valence-corrected chi connectivity index (χ1v) is 11.1. The molecule has 0 atom stereocenters. The van der Waals surface area contributed by atoms with Gasteiger partial charge in [-0.15, -0.1) is 10.2 Å². The molecule has 1 N–H and O–H groups in total. The second kappa shape index (κ2) is 8.45. The van der Waals surface area contributed by atoms with Crippen molar-refractivity contribution in [1.29, 1.82) is 0 Å². The Morgan fingerprint density at radius 3 is 2.55 bits per heavy atom. The molecule has 0 bridgehead atoms. The van der Waals surface area contributed by atoms with Crippen LogP contribution in [0.2, 0.25) is 0 Å². The predicted molar refractivity (Wildman–Crippen MR) is 116 cm³/mol. The van der Waals surface area contributed by atoms with Crippen molar-refractivity contribution in [1.82, 2.24) is 19.7 Å². The smallest absolute Gasteiger partial charge is 0.233 e. The van der Waals surface area contributed by atoms with Gasteiger partial charge in [-0.2, -0.15) is 0 Å². The molecule has 4 rings (SSSR count). The third-order valence-corrected chi connectivity index (χ3v) is 6.55. The maximum atomic E-state index is 12.6. The van der Waals surface area contributed by atoms with Gasteiger partial charge in [-0.1, -0.05) is 43.0 Å². The Hall–Kier alpha value is -2.54. The molecule has 0 spiro atoms. The number of carbonyl (C=O) groups excluding carboxylic acids is 1. The number of phenolic OH excluding ortho intramolecular Hbond substituents is 1. The van der Waals surface area contributed by atoms with Crippen molar-refractivity contribution in [3.05, 3.63) is 36.4 Å². The van der Waals surface area contributed by atoms with E-state index in [4.69, 9.17) is 0 Å². The maximum Gasteiger partial charge on any atom is 0.233 e. The Kier molecular flexibility index (Phi) is 5.76. The van der Waals surface area contributed by atoms with Gasteiger partial charge in [-0.3, -0.25) is 4.79 Å². The average molecular weight is 411 g/mol. The molecule has 0 saturated carbocycles. The molecule has 0 aliphatic carbocycles.